The van der Waals surface area contributed by atoms with Gasteiger partial charge in [-0.3, -0.25) is 14.5 Å². The maximum Gasteiger partial charge on any atom is 0.425 e. The fourth-order valence-electron chi connectivity index (χ4n) is 6.07. The number of nitrogens with zero attached hydrogens (tertiary/aromatic N) is 2. The van der Waals surface area contributed by atoms with Crippen molar-refractivity contribution in [2.75, 3.05) is 6.61 Å². The number of amides is 2. The third kappa shape index (κ3) is 6.05. The highest BCUT2D eigenvalue weighted by atomic mass is 19.4. The summed E-state index contributed by atoms with van der Waals surface area (Å²) in [7, 11) is 0. The average molecular weight is 587 g/mol. The van der Waals surface area contributed by atoms with Crippen LogP contribution in [0.5, 0.6) is 11.5 Å². The lowest BCUT2D eigenvalue weighted by molar-refractivity contribution is -0.201. The lowest BCUT2D eigenvalue weighted by atomic mass is 9.92. The van der Waals surface area contributed by atoms with Gasteiger partial charge in [0.05, 0.1) is 25.2 Å². The van der Waals surface area contributed by atoms with Crippen molar-refractivity contribution in [1.82, 2.24) is 10.2 Å². The summed E-state index contributed by atoms with van der Waals surface area (Å²) < 4.78 is 52.3. The smallest absolute Gasteiger partial charge is 0.425 e. The van der Waals surface area contributed by atoms with Crippen LogP contribution in [-0.2, 0) is 11.3 Å². The Kier molecular flexibility index (Phi) is 8.39. The highest BCUT2D eigenvalue weighted by Crippen LogP contribution is 2.52. The van der Waals surface area contributed by atoms with Crippen LogP contribution in [0.4, 0.5) is 13.2 Å². The van der Waals surface area contributed by atoms with Gasteiger partial charge in [-0.15, -0.1) is 0 Å². The summed E-state index contributed by atoms with van der Waals surface area (Å²) in [5, 5.41) is 2.82. The van der Waals surface area contributed by atoms with Crippen LogP contribution in [0.15, 0.2) is 41.4 Å². The zero-order chi connectivity index (χ0) is 30.2. The number of carbonyl (C=O) groups excluding carboxylic acids is 2. The van der Waals surface area contributed by atoms with Crippen molar-refractivity contribution in [2.24, 2.45) is 16.6 Å². The molecule has 2 aromatic rings. The quantitative estimate of drug-likeness (QED) is 0.476. The number of hydrogen-bond acceptors (Lipinski definition) is 6. The summed E-state index contributed by atoms with van der Waals surface area (Å²) in [6.45, 7) is 6.24. The second-order valence-electron chi connectivity index (χ2n) is 11.0. The summed E-state index contributed by atoms with van der Waals surface area (Å²) in [5.41, 5.74) is 8.58. The zero-order valence-corrected chi connectivity index (χ0v) is 24.0. The minimum absolute atomic E-state index is 0.0572. The number of ether oxygens (including phenoxy) is 2. The molecule has 4 heterocycles. The lowest BCUT2D eigenvalue weighted by Gasteiger charge is -2.34. The predicted molar refractivity (Wildman–Crippen MR) is 151 cm³/mol. The number of aliphatic imine (C=N–C) groups is 1. The molecule has 1 fully saturated rings. The zero-order valence-electron chi connectivity index (χ0n) is 24.0. The van der Waals surface area contributed by atoms with Crippen LogP contribution < -0.4 is 20.5 Å². The third-order valence-electron chi connectivity index (χ3n) is 8.27. The van der Waals surface area contributed by atoms with Crippen molar-refractivity contribution < 1.29 is 32.2 Å². The maximum atomic E-state index is 13.7. The molecule has 0 aromatic heterocycles. The summed E-state index contributed by atoms with van der Waals surface area (Å²) in [5.74, 6) is 0.702. The Bertz CT molecular complexity index is 1380. The van der Waals surface area contributed by atoms with Crippen LogP contribution in [-0.4, -0.2) is 47.6 Å². The molecule has 2 aromatic carbocycles. The van der Waals surface area contributed by atoms with E-state index in [0.717, 1.165) is 24.8 Å². The van der Waals surface area contributed by atoms with Gasteiger partial charge in [0.2, 0.25) is 5.91 Å². The number of fused-ring (bicyclic) bond motifs is 3. The summed E-state index contributed by atoms with van der Waals surface area (Å²) in [6.07, 6.45) is -4.26. The highest BCUT2D eigenvalue weighted by molar-refractivity contribution is 5.99. The average Bonchev–Trinajstić information content (AvgIpc) is 3.74. The molecule has 6 bridgehead atoms. The van der Waals surface area contributed by atoms with E-state index in [0.29, 0.717) is 29.4 Å². The van der Waals surface area contributed by atoms with Crippen molar-refractivity contribution in [3.63, 3.8) is 0 Å². The van der Waals surface area contributed by atoms with Crippen molar-refractivity contribution >= 4 is 17.8 Å². The summed E-state index contributed by atoms with van der Waals surface area (Å²) in [4.78, 5) is 32.5. The van der Waals surface area contributed by atoms with E-state index in [-0.39, 0.29) is 48.1 Å². The van der Waals surface area contributed by atoms with Crippen LogP contribution in [0, 0.1) is 5.92 Å². The van der Waals surface area contributed by atoms with Crippen molar-refractivity contribution in [3.05, 3.63) is 58.7 Å². The first-order valence-electron chi connectivity index (χ1n) is 14.7. The standard InChI is InChI=1S/C29H31F3N4O4.C2H6/c1-2-39-23-7-5-17-9-18(23)14-36-26(37)12-19(34-28(36)33)6-3-15-10-20(15)16-4-8-24-21(11-16)22(35-27(17)38)13-25(40-24)29(30,31)32;1-2/h4-5,7-9,11,15,19-20,22,25H,2-3,6,10,12-14H2,1H3,(H2,33,34)(H,35,38);1-2H3. The molecule has 5 atom stereocenters. The number of nitrogens with two attached hydrogens (primary N) is 1. The van der Waals surface area contributed by atoms with Gasteiger partial charge >= 0.3 is 6.18 Å². The molecule has 8 nitrogen and oxygen atoms in total. The molecule has 5 unspecified atom stereocenters. The molecule has 0 saturated heterocycles. The molecule has 0 spiro atoms. The van der Waals surface area contributed by atoms with Gasteiger partial charge in [0.25, 0.3) is 5.91 Å². The van der Waals surface area contributed by atoms with Gasteiger partial charge < -0.3 is 20.5 Å². The number of benzene rings is 2. The highest BCUT2D eigenvalue weighted by Gasteiger charge is 2.47. The summed E-state index contributed by atoms with van der Waals surface area (Å²) >= 11 is 0. The predicted octanol–water partition coefficient (Wildman–Crippen LogP) is 5.61. The molecule has 0 radical (unpaired) electrons. The first kappa shape index (κ1) is 29.7. The van der Waals surface area contributed by atoms with E-state index < -0.39 is 30.7 Å². The largest absolute Gasteiger partial charge is 0.494 e. The molecule has 4 aliphatic heterocycles. The molecule has 226 valence electrons. The molecule has 5 aliphatic rings. The van der Waals surface area contributed by atoms with Crippen LogP contribution in [0.2, 0.25) is 0 Å². The lowest BCUT2D eigenvalue weighted by Crippen LogP contribution is -2.46. The third-order valence-corrected chi connectivity index (χ3v) is 8.27. The van der Waals surface area contributed by atoms with E-state index >= 15 is 0 Å². The number of rotatable bonds is 2. The minimum atomic E-state index is -4.58. The number of guanidine groups is 1. The number of alkyl halides is 3. The molecule has 7 rings (SSSR count). The Balaban J connectivity index is 0.00000173. The van der Waals surface area contributed by atoms with E-state index in [9.17, 15) is 22.8 Å². The van der Waals surface area contributed by atoms with Crippen molar-refractivity contribution in [3.8, 4) is 11.5 Å². The molecular formula is C31H37F3N4O4. The number of nitrogens with one attached hydrogen (secondary N) is 1. The Hall–Kier alpha value is -3.76. The number of carbonyl (C=O) groups is 2. The molecule has 2 amide bonds. The Morgan fingerprint density at radius 1 is 1.12 bits per heavy atom. The fraction of sp³-hybridized carbons (Fsp3) is 0.516. The SMILES string of the molecule is CC.CCOc1ccc2cc1CN1C(=O)CC(CCC3CC3c3ccc4c(c3)C(CC(C(F)(F)F)O4)NC2=O)N=C1N. The Morgan fingerprint density at radius 3 is 2.62 bits per heavy atom. The molecule has 1 aliphatic carbocycles. The molecule has 1 saturated carbocycles. The van der Waals surface area contributed by atoms with Gasteiger partial charge in [0, 0.05) is 29.5 Å². The molecular weight excluding hydrogens is 549 g/mol. The van der Waals surface area contributed by atoms with Crippen LogP contribution in [0.1, 0.15) is 91.9 Å². The van der Waals surface area contributed by atoms with E-state index in [4.69, 9.17) is 15.2 Å². The Morgan fingerprint density at radius 2 is 1.90 bits per heavy atom. The van der Waals surface area contributed by atoms with E-state index in [1.165, 1.54) is 4.90 Å². The van der Waals surface area contributed by atoms with Gasteiger partial charge in [-0.2, -0.15) is 13.2 Å². The molecule has 42 heavy (non-hydrogen) atoms. The first-order chi connectivity index (χ1) is 20.1. The van der Waals surface area contributed by atoms with Crippen molar-refractivity contribution in [2.45, 2.75) is 89.7 Å². The van der Waals surface area contributed by atoms with Gasteiger partial charge in [-0.1, -0.05) is 19.9 Å². The monoisotopic (exact) mass is 586 g/mol. The van der Waals surface area contributed by atoms with Gasteiger partial charge in [-0.25, -0.2) is 4.99 Å². The van der Waals surface area contributed by atoms with Gasteiger partial charge in [0.1, 0.15) is 11.5 Å². The fourth-order valence-corrected chi connectivity index (χ4v) is 6.07. The second kappa shape index (κ2) is 11.9. The van der Waals surface area contributed by atoms with Crippen LogP contribution in [0.3, 0.4) is 0 Å². The minimum Gasteiger partial charge on any atom is -0.494 e. The topological polar surface area (TPSA) is 106 Å². The molecule has 11 heteroatoms. The number of halogens is 3. The maximum absolute atomic E-state index is 13.7. The Labute approximate surface area is 243 Å². The normalized spacial score (nSPS) is 26.8. The van der Waals surface area contributed by atoms with Gasteiger partial charge in [0.15, 0.2) is 12.1 Å². The first-order valence-corrected chi connectivity index (χ1v) is 14.7. The van der Waals surface area contributed by atoms with Crippen LogP contribution >= 0.6 is 0 Å². The van der Waals surface area contributed by atoms with Crippen LogP contribution in [0.25, 0.3) is 0 Å². The van der Waals surface area contributed by atoms with Crippen molar-refractivity contribution in [1.29, 1.82) is 0 Å². The van der Waals surface area contributed by atoms with Gasteiger partial charge in [-0.05, 0) is 73.9 Å². The second-order valence-corrected chi connectivity index (χ2v) is 11.0. The van der Waals surface area contributed by atoms with E-state index in [2.05, 4.69) is 10.3 Å². The summed E-state index contributed by atoms with van der Waals surface area (Å²) in [6, 6.07) is 8.95. The van der Waals surface area contributed by atoms with E-state index in [1.54, 1.807) is 24.3 Å². The number of hydrogen-bond donors (Lipinski definition) is 2. The van der Waals surface area contributed by atoms with E-state index in [1.807, 2.05) is 32.9 Å². The molecule has 3 N–H and O–H groups in total.